The molecule has 0 bridgehead atoms. The van der Waals surface area contributed by atoms with Crippen molar-refractivity contribution >= 4 is 23.9 Å². The number of hydrogen-bond donors (Lipinski definition) is 1. The van der Waals surface area contributed by atoms with Gasteiger partial charge >= 0.3 is 5.97 Å². The molecular weight excluding hydrogens is 328 g/mol. The van der Waals surface area contributed by atoms with Crippen LogP contribution in [0.3, 0.4) is 0 Å². The smallest absolute Gasteiger partial charge is 0.337 e. The number of nitrogens with zero attached hydrogens (tertiary/aromatic N) is 1. The van der Waals surface area contributed by atoms with Crippen LogP contribution < -0.4 is 4.74 Å². The fourth-order valence-corrected chi connectivity index (χ4v) is 2.37. The molecule has 24 heavy (non-hydrogen) atoms. The van der Waals surface area contributed by atoms with E-state index in [1.807, 2.05) is 0 Å². The van der Waals surface area contributed by atoms with E-state index in [4.69, 9.17) is 9.57 Å². The van der Waals surface area contributed by atoms with Crippen molar-refractivity contribution in [2.45, 2.75) is 19.3 Å². The molecule has 2 aliphatic rings. The van der Waals surface area contributed by atoms with Gasteiger partial charge in [0.1, 0.15) is 6.61 Å². The van der Waals surface area contributed by atoms with E-state index >= 15 is 0 Å². The Balaban J connectivity index is 1.74. The summed E-state index contributed by atoms with van der Waals surface area (Å²) >= 11 is 0. The number of carbonyl (C=O) groups excluding carboxylic acids is 3. The first-order valence-corrected chi connectivity index (χ1v) is 6.96. The molecule has 9 heteroatoms. The van der Waals surface area contributed by atoms with Gasteiger partial charge in [0.2, 0.25) is 5.82 Å². The Labute approximate surface area is 134 Å². The van der Waals surface area contributed by atoms with Crippen LogP contribution in [0.1, 0.15) is 24.8 Å². The van der Waals surface area contributed by atoms with Gasteiger partial charge in [-0.15, -0.1) is 5.06 Å². The normalized spacial score (nSPS) is 16.6. The van der Waals surface area contributed by atoms with E-state index in [1.165, 1.54) is 6.08 Å². The molecule has 1 saturated heterocycles. The highest BCUT2D eigenvalue weighted by Gasteiger charge is 2.33. The molecule has 1 fully saturated rings. The molecule has 0 atom stereocenters. The number of carbonyl (C=O) groups is 3. The minimum Gasteiger partial charge on any atom is -0.503 e. The summed E-state index contributed by atoms with van der Waals surface area (Å²) in [6.07, 6.45) is 0.945. The number of fused-ring (bicyclic) bond motifs is 1. The zero-order valence-electron chi connectivity index (χ0n) is 12.2. The summed E-state index contributed by atoms with van der Waals surface area (Å²) in [5.41, 5.74) is 0.348. The summed E-state index contributed by atoms with van der Waals surface area (Å²) in [6, 6.07) is 0.867. The Morgan fingerprint density at radius 1 is 1.29 bits per heavy atom. The van der Waals surface area contributed by atoms with E-state index in [2.05, 4.69) is 0 Å². The van der Waals surface area contributed by atoms with Crippen molar-refractivity contribution in [2.75, 3.05) is 6.61 Å². The maximum absolute atomic E-state index is 13.7. The lowest BCUT2D eigenvalue weighted by atomic mass is 10.0. The molecule has 2 heterocycles. The SMILES string of the molecule is O=C(CC1=Cc2cc(F)c(O)c(F)c2OC1)ON1C(=O)CCC1=O. The first-order valence-electron chi connectivity index (χ1n) is 6.96. The molecule has 0 unspecified atom stereocenters. The molecule has 1 aromatic rings. The molecule has 1 aromatic carbocycles. The zero-order valence-corrected chi connectivity index (χ0v) is 12.2. The number of phenols is 1. The number of imide groups is 1. The number of aromatic hydroxyl groups is 1. The standard InChI is InChI=1S/C15H11F2NO6/c16-9-5-8-3-7(6-23-15(8)13(17)14(9)22)4-12(21)24-18-10(19)1-2-11(18)20/h3,5,22H,1-2,4,6H2. The highest BCUT2D eigenvalue weighted by molar-refractivity contribution is 6.01. The topological polar surface area (TPSA) is 93.1 Å². The van der Waals surface area contributed by atoms with Gasteiger partial charge in [-0.1, -0.05) is 0 Å². The number of hydroxylamine groups is 2. The molecule has 3 rings (SSSR count). The predicted molar refractivity (Wildman–Crippen MR) is 73.3 cm³/mol. The molecule has 7 nitrogen and oxygen atoms in total. The summed E-state index contributed by atoms with van der Waals surface area (Å²) in [6.45, 7) is -0.189. The van der Waals surface area contributed by atoms with Crippen LogP contribution in [-0.2, 0) is 19.2 Å². The van der Waals surface area contributed by atoms with Gasteiger partial charge in [-0.3, -0.25) is 9.59 Å². The van der Waals surface area contributed by atoms with Crippen molar-refractivity contribution in [1.29, 1.82) is 0 Å². The third-order valence-electron chi connectivity index (χ3n) is 3.51. The maximum Gasteiger partial charge on any atom is 0.337 e. The van der Waals surface area contributed by atoms with Gasteiger partial charge in [0, 0.05) is 18.4 Å². The number of phenolic OH excluding ortho intramolecular Hbond substituents is 1. The molecule has 0 saturated carbocycles. The molecule has 0 radical (unpaired) electrons. The van der Waals surface area contributed by atoms with Gasteiger partial charge in [-0.2, -0.15) is 4.39 Å². The number of halogens is 2. The lowest BCUT2D eigenvalue weighted by Crippen LogP contribution is -2.32. The van der Waals surface area contributed by atoms with E-state index in [1.54, 1.807) is 0 Å². The van der Waals surface area contributed by atoms with Crippen LogP contribution in [0.5, 0.6) is 11.5 Å². The van der Waals surface area contributed by atoms with Crippen molar-refractivity contribution in [2.24, 2.45) is 0 Å². The van der Waals surface area contributed by atoms with Crippen LogP contribution in [0.25, 0.3) is 6.08 Å². The van der Waals surface area contributed by atoms with Crippen LogP contribution in [0, 0.1) is 11.6 Å². The Bertz CT molecular complexity index is 773. The Hall–Kier alpha value is -2.97. The second kappa shape index (κ2) is 5.91. The monoisotopic (exact) mass is 339 g/mol. The minimum atomic E-state index is -1.23. The molecular formula is C15H11F2NO6. The minimum absolute atomic E-state index is 0.0187. The molecule has 126 valence electrons. The molecule has 0 spiro atoms. The quantitative estimate of drug-likeness (QED) is 0.838. The lowest BCUT2D eigenvalue weighted by Gasteiger charge is -2.19. The fraction of sp³-hybridized carbons (Fsp3) is 0.267. The highest BCUT2D eigenvalue weighted by atomic mass is 19.1. The molecule has 2 aliphatic heterocycles. The van der Waals surface area contributed by atoms with Gasteiger partial charge in [0.25, 0.3) is 11.8 Å². The third kappa shape index (κ3) is 2.80. The molecule has 0 aromatic heterocycles. The molecule has 2 amide bonds. The van der Waals surface area contributed by atoms with Gasteiger partial charge in [0.15, 0.2) is 17.3 Å². The summed E-state index contributed by atoms with van der Waals surface area (Å²) < 4.78 is 32.1. The number of hydrogen-bond acceptors (Lipinski definition) is 6. The summed E-state index contributed by atoms with van der Waals surface area (Å²) in [4.78, 5) is 39.2. The number of amides is 2. The van der Waals surface area contributed by atoms with E-state index in [0.29, 0.717) is 10.6 Å². The van der Waals surface area contributed by atoms with Crippen molar-refractivity contribution < 1.29 is 37.8 Å². The second-order valence-electron chi connectivity index (χ2n) is 5.25. The molecule has 0 aliphatic carbocycles. The van der Waals surface area contributed by atoms with E-state index in [9.17, 15) is 28.3 Å². The van der Waals surface area contributed by atoms with Crippen LogP contribution >= 0.6 is 0 Å². The summed E-state index contributed by atoms with van der Waals surface area (Å²) in [5.74, 6) is -5.94. The van der Waals surface area contributed by atoms with Crippen LogP contribution in [-0.4, -0.2) is 34.6 Å². The van der Waals surface area contributed by atoms with Crippen LogP contribution in [0.15, 0.2) is 11.6 Å². The lowest BCUT2D eigenvalue weighted by molar-refractivity contribution is -0.197. The summed E-state index contributed by atoms with van der Waals surface area (Å²) in [7, 11) is 0. The highest BCUT2D eigenvalue weighted by Crippen LogP contribution is 2.36. The van der Waals surface area contributed by atoms with Crippen molar-refractivity contribution in [1.82, 2.24) is 5.06 Å². The zero-order chi connectivity index (χ0) is 17.4. The van der Waals surface area contributed by atoms with E-state index in [0.717, 1.165) is 6.07 Å². The maximum atomic E-state index is 13.7. The Kier molecular flexibility index (Phi) is 3.92. The number of ether oxygens (including phenoxy) is 1. The van der Waals surface area contributed by atoms with Crippen molar-refractivity contribution in [3.63, 3.8) is 0 Å². The Morgan fingerprint density at radius 2 is 1.96 bits per heavy atom. The average Bonchev–Trinajstić information content (AvgIpc) is 2.84. The predicted octanol–water partition coefficient (Wildman–Crippen LogP) is 1.44. The fourth-order valence-electron chi connectivity index (χ4n) is 2.37. The van der Waals surface area contributed by atoms with Crippen molar-refractivity contribution in [3.05, 3.63) is 28.8 Å². The number of rotatable bonds is 3. The van der Waals surface area contributed by atoms with Crippen molar-refractivity contribution in [3.8, 4) is 11.5 Å². The van der Waals surface area contributed by atoms with Gasteiger partial charge in [-0.05, 0) is 17.7 Å². The largest absolute Gasteiger partial charge is 0.503 e. The van der Waals surface area contributed by atoms with Crippen LogP contribution in [0.4, 0.5) is 8.78 Å². The van der Waals surface area contributed by atoms with E-state index < -0.39 is 35.2 Å². The first kappa shape index (κ1) is 15.9. The second-order valence-corrected chi connectivity index (χ2v) is 5.25. The average molecular weight is 339 g/mol. The van der Waals surface area contributed by atoms with Gasteiger partial charge in [-0.25, -0.2) is 9.18 Å². The van der Waals surface area contributed by atoms with E-state index in [-0.39, 0.29) is 37.2 Å². The van der Waals surface area contributed by atoms with Gasteiger partial charge in [0.05, 0.1) is 6.42 Å². The first-order chi connectivity index (χ1) is 11.4. The third-order valence-corrected chi connectivity index (χ3v) is 3.51. The van der Waals surface area contributed by atoms with Gasteiger partial charge < -0.3 is 14.7 Å². The number of benzene rings is 1. The molecule has 1 N–H and O–H groups in total. The summed E-state index contributed by atoms with van der Waals surface area (Å²) in [5, 5.41) is 9.60. The Morgan fingerprint density at radius 3 is 2.62 bits per heavy atom. The van der Waals surface area contributed by atoms with Crippen LogP contribution in [0.2, 0.25) is 0 Å².